The molecular formula is C9H18I2N2. The molecule has 1 aliphatic rings. The summed E-state index contributed by atoms with van der Waals surface area (Å²) in [7, 11) is 0. The SMILES string of the molecule is ICCCC(I)NC1CCNCC1. The van der Waals surface area contributed by atoms with Gasteiger partial charge in [0.05, 0.1) is 4.05 Å². The Morgan fingerprint density at radius 2 is 2.08 bits per heavy atom. The summed E-state index contributed by atoms with van der Waals surface area (Å²) >= 11 is 4.98. The third-order valence-electron chi connectivity index (χ3n) is 2.35. The molecule has 1 heterocycles. The molecule has 0 amide bonds. The predicted octanol–water partition coefficient (Wildman–Crippen LogP) is 2.30. The van der Waals surface area contributed by atoms with E-state index >= 15 is 0 Å². The van der Waals surface area contributed by atoms with Gasteiger partial charge >= 0.3 is 0 Å². The van der Waals surface area contributed by atoms with Crippen molar-refractivity contribution >= 4 is 45.2 Å². The molecule has 0 bridgehead atoms. The van der Waals surface area contributed by atoms with E-state index in [4.69, 9.17) is 0 Å². The second-order valence-electron chi connectivity index (χ2n) is 3.49. The van der Waals surface area contributed by atoms with Gasteiger partial charge in [-0.25, -0.2) is 0 Å². The van der Waals surface area contributed by atoms with Crippen molar-refractivity contribution in [3.05, 3.63) is 0 Å². The van der Waals surface area contributed by atoms with E-state index in [1.165, 1.54) is 43.2 Å². The molecule has 0 aliphatic carbocycles. The van der Waals surface area contributed by atoms with Crippen molar-refractivity contribution in [3.8, 4) is 0 Å². The minimum Gasteiger partial charge on any atom is -0.317 e. The van der Waals surface area contributed by atoms with Crippen LogP contribution in [0, 0.1) is 0 Å². The predicted molar refractivity (Wildman–Crippen MR) is 75.0 cm³/mol. The molecule has 13 heavy (non-hydrogen) atoms. The van der Waals surface area contributed by atoms with Gasteiger partial charge in [0.1, 0.15) is 0 Å². The van der Waals surface area contributed by atoms with Crippen LogP contribution in [0.2, 0.25) is 0 Å². The van der Waals surface area contributed by atoms with Crippen LogP contribution >= 0.6 is 45.2 Å². The van der Waals surface area contributed by atoms with Crippen LogP contribution < -0.4 is 10.6 Å². The van der Waals surface area contributed by atoms with E-state index in [1.54, 1.807) is 0 Å². The lowest BCUT2D eigenvalue weighted by Crippen LogP contribution is -2.42. The molecule has 0 saturated carbocycles. The summed E-state index contributed by atoms with van der Waals surface area (Å²) in [6.07, 6.45) is 5.24. The molecule has 0 radical (unpaired) electrons. The highest BCUT2D eigenvalue weighted by molar-refractivity contribution is 14.1. The third kappa shape index (κ3) is 5.74. The maximum absolute atomic E-state index is 3.70. The fourth-order valence-electron chi connectivity index (χ4n) is 1.58. The van der Waals surface area contributed by atoms with Crippen LogP contribution in [0.25, 0.3) is 0 Å². The maximum atomic E-state index is 3.70. The van der Waals surface area contributed by atoms with Gasteiger partial charge in [0.25, 0.3) is 0 Å². The van der Waals surface area contributed by atoms with Crippen molar-refractivity contribution in [1.29, 1.82) is 0 Å². The van der Waals surface area contributed by atoms with Gasteiger partial charge in [-0.2, -0.15) is 0 Å². The second-order valence-corrected chi connectivity index (χ2v) is 6.07. The van der Waals surface area contributed by atoms with E-state index in [0.29, 0.717) is 4.05 Å². The first kappa shape index (κ1) is 12.4. The Morgan fingerprint density at radius 3 is 2.69 bits per heavy atom. The summed E-state index contributed by atoms with van der Waals surface area (Å²) in [5.74, 6) is 0. The standard InChI is InChI=1S/C9H18I2N2/c10-5-1-2-9(11)13-8-3-6-12-7-4-8/h8-9,12-13H,1-7H2. The van der Waals surface area contributed by atoms with Crippen molar-refractivity contribution in [2.75, 3.05) is 17.5 Å². The lowest BCUT2D eigenvalue weighted by Gasteiger charge is -2.26. The van der Waals surface area contributed by atoms with Crippen LogP contribution in [-0.4, -0.2) is 27.6 Å². The zero-order chi connectivity index (χ0) is 9.52. The Hall–Kier alpha value is 1.38. The Labute approximate surface area is 108 Å². The van der Waals surface area contributed by atoms with Gasteiger partial charge in [0.2, 0.25) is 0 Å². The van der Waals surface area contributed by atoms with Crippen molar-refractivity contribution in [3.63, 3.8) is 0 Å². The Balaban J connectivity index is 2.07. The van der Waals surface area contributed by atoms with Crippen LogP contribution in [0.3, 0.4) is 0 Å². The van der Waals surface area contributed by atoms with Crippen LogP contribution in [0.1, 0.15) is 25.7 Å². The molecule has 0 aromatic carbocycles. The molecule has 2 N–H and O–H groups in total. The van der Waals surface area contributed by atoms with Gasteiger partial charge in [-0.05, 0) is 43.2 Å². The normalized spacial score (nSPS) is 21.7. The molecule has 1 atom stereocenters. The average Bonchev–Trinajstić information content (AvgIpc) is 2.16. The molecule has 4 heteroatoms. The van der Waals surface area contributed by atoms with Gasteiger partial charge in [0, 0.05) is 6.04 Å². The number of rotatable bonds is 5. The first-order chi connectivity index (χ1) is 6.33. The van der Waals surface area contributed by atoms with E-state index in [9.17, 15) is 0 Å². The molecule has 0 aromatic rings. The lowest BCUT2D eigenvalue weighted by molar-refractivity contribution is 0.380. The highest BCUT2D eigenvalue weighted by Gasteiger charge is 2.15. The molecular weight excluding hydrogens is 390 g/mol. The smallest absolute Gasteiger partial charge is 0.0596 e. The summed E-state index contributed by atoms with van der Waals surface area (Å²) in [4.78, 5) is 0. The molecule has 1 unspecified atom stereocenters. The van der Waals surface area contributed by atoms with Crippen molar-refractivity contribution < 1.29 is 0 Å². The quantitative estimate of drug-likeness (QED) is 0.415. The Bertz CT molecular complexity index is 127. The molecule has 1 aliphatic heterocycles. The van der Waals surface area contributed by atoms with Crippen LogP contribution in [-0.2, 0) is 0 Å². The summed E-state index contributed by atoms with van der Waals surface area (Å²) in [5, 5.41) is 7.08. The number of alkyl halides is 2. The van der Waals surface area contributed by atoms with Crippen molar-refractivity contribution in [1.82, 2.24) is 10.6 Å². The largest absolute Gasteiger partial charge is 0.317 e. The number of hydrogen-bond donors (Lipinski definition) is 2. The Kier molecular flexibility index (Phi) is 7.32. The van der Waals surface area contributed by atoms with E-state index in [1.807, 2.05) is 0 Å². The number of halogens is 2. The summed E-state index contributed by atoms with van der Waals surface area (Å²) in [5.41, 5.74) is 0. The molecule has 0 aromatic heterocycles. The molecule has 78 valence electrons. The number of hydrogen-bond acceptors (Lipinski definition) is 2. The van der Waals surface area contributed by atoms with Gasteiger partial charge in [-0.15, -0.1) is 0 Å². The van der Waals surface area contributed by atoms with E-state index in [-0.39, 0.29) is 0 Å². The number of nitrogens with one attached hydrogen (secondary N) is 2. The van der Waals surface area contributed by atoms with E-state index in [2.05, 4.69) is 55.8 Å². The summed E-state index contributed by atoms with van der Waals surface area (Å²) < 4.78 is 1.96. The van der Waals surface area contributed by atoms with E-state index < -0.39 is 0 Å². The van der Waals surface area contributed by atoms with Gasteiger partial charge in [-0.1, -0.05) is 45.2 Å². The highest BCUT2D eigenvalue weighted by atomic mass is 127. The molecule has 1 rings (SSSR count). The second kappa shape index (κ2) is 7.64. The van der Waals surface area contributed by atoms with Crippen LogP contribution in [0.5, 0.6) is 0 Å². The number of piperidine rings is 1. The summed E-state index contributed by atoms with van der Waals surface area (Å²) in [6.45, 7) is 2.38. The molecule has 1 fully saturated rings. The van der Waals surface area contributed by atoms with E-state index in [0.717, 1.165) is 6.04 Å². The fraction of sp³-hybridized carbons (Fsp3) is 1.00. The monoisotopic (exact) mass is 408 g/mol. The highest BCUT2D eigenvalue weighted by Crippen LogP contribution is 2.11. The Morgan fingerprint density at radius 1 is 1.38 bits per heavy atom. The zero-order valence-electron chi connectivity index (χ0n) is 7.86. The first-order valence-corrected chi connectivity index (χ1v) is 7.77. The van der Waals surface area contributed by atoms with Crippen LogP contribution in [0.4, 0.5) is 0 Å². The van der Waals surface area contributed by atoms with Gasteiger partial charge in [0.15, 0.2) is 0 Å². The minimum atomic E-state index is 0.676. The maximum Gasteiger partial charge on any atom is 0.0596 e. The van der Waals surface area contributed by atoms with Crippen molar-refractivity contribution in [2.45, 2.75) is 35.8 Å². The first-order valence-electron chi connectivity index (χ1n) is 4.99. The van der Waals surface area contributed by atoms with Gasteiger partial charge in [-0.3, -0.25) is 0 Å². The fourth-order valence-corrected chi connectivity index (χ4v) is 2.97. The lowest BCUT2D eigenvalue weighted by atomic mass is 10.1. The third-order valence-corrected chi connectivity index (χ3v) is 4.09. The molecule has 2 nitrogen and oxygen atoms in total. The van der Waals surface area contributed by atoms with Crippen LogP contribution in [0.15, 0.2) is 0 Å². The average molecular weight is 408 g/mol. The molecule has 1 saturated heterocycles. The topological polar surface area (TPSA) is 24.1 Å². The van der Waals surface area contributed by atoms with Gasteiger partial charge < -0.3 is 10.6 Å². The summed E-state index contributed by atoms with van der Waals surface area (Å²) in [6, 6.07) is 0.761. The van der Waals surface area contributed by atoms with Crippen molar-refractivity contribution in [2.24, 2.45) is 0 Å². The minimum absolute atomic E-state index is 0.676. The zero-order valence-corrected chi connectivity index (χ0v) is 12.2. The molecule has 0 spiro atoms.